The molecule has 2 aliphatic heterocycles. The zero-order chi connectivity index (χ0) is 23.1. The van der Waals surface area contributed by atoms with Crippen molar-refractivity contribution in [3.05, 3.63) is 74.9 Å². The van der Waals surface area contributed by atoms with Crippen LogP contribution in [0.5, 0.6) is 0 Å². The van der Waals surface area contributed by atoms with Crippen LogP contribution >= 0.6 is 0 Å². The van der Waals surface area contributed by atoms with Crippen molar-refractivity contribution in [1.82, 2.24) is 14.5 Å². The highest BCUT2D eigenvalue weighted by atomic mass is 16.2. The van der Waals surface area contributed by atoms with Crippen LogP contribution in [-0.2, 0) is 4.79 Å². The maximum absolute atomic E-state index is 13.0. The topological polar surface area (TPSA) is 108 Å². The Morgan fingerprint density at radius 2 is 1.70 bits per heavy atom. The summed E-state index contributed by atoms with van der Waals surface area (Å²) in [7, 11) is 0. The number of hydrogen-bond acceptors (Lipinski definition) is 5. The molecule has 3 aromatic rings. The number of likely N-dealkylation sites (tertiary alicyclic amines) is 1. The van der Waals surface area contributed by atoms with Crippen molar-refractivity contribution in [3.63, 3.8) is 0 Å². The smallest absolute Gasteiger partial charge is 0.329 e. The Labute approximate surface area is 188 Å². The van der Waals surface area contributed by atoms with Crippen LogP contribution in [0.15, 0.2) is 63.2 Å². The van der Waals surface area contributed by atoms with E-state index in [4.69, 9.17) is 0 Å². The van der Waals surface area contributed by atoms with Crippen LogP contribution in [0.3, 0.4) is 0 Å². The second-order valence-corrected chi connectivity index (χ2v) is 8.44. The molecule has 2 amide bonds. The summed E-state index contributed by atoms with van der Waals surface area (Å²) in [4.78, 5) is 55.0. The van der Waals surface area contributed by atoms with Crippen molar-refractivity contribution in [2.24, 2.45) is 5.10 Å². The molecule has 0 bridgehead atoms. The predicted octanol–water partition coefficient (Wildman–Crippen LogP) is 2.28. The van der Waals surface area contributed by atoms with E-state index >= 15 is 0 Å². The second-order valence-electron chi connectivity index (χ2n) is 8.44. The summed E-state index contributed by atoms with van der Waals surface area (Å²) in [5.41, 5.74) is 1.70. The van der Waals surface area contributed by atoms with E-state index in [9.17, 15) is 19.2 Å². The number of anilines is 1. The van der Waals surface area contributed by atoms with Crippen LogP contribution in [0.1, 0.15) is 42.6 Å². The third-order valence-corrected chi connectivity index (χ3v) is 6.23. The molecule has 0 radical (unpaired) electrons. The van der Waals surface area contributed by atoms with Crippen LogP contribution in [-0.4, -0.2) is 45.1 Å². The van der Waals surface area contributed by atoms with Gasteiger partial charge in [0, 0.05) is 30.4 Å². The van der Waals surface area contributed by atoms with Gasteiger partial charge in [-0.15, -0.1) is 0 Å². The number of benzene rings is 2. The van der Waals surface area contributed by atoms with E-state index in [0.717, 1.165) is 5.71 Å². The fourth-order valence-corrected chi connectivity index (χ4v) is 4.52. The first kappa shape index (κ1) is 20.9. The Balaban J connectivity index is 1.29. The number of carbonyl (C=O) groups is 2. The van der Waals surface area contributed by atoms with Gasteiger partial charge in [0.05, 0.1) is 23.0 Å². The van der Waals surface area contributed by atoms with Gasteiger partial charge in [-0.2, -0.15) is 5.10 Å². The Morgan fingerprint density at radius 3 is 2.36 bits per heavy atom. The number of carbonyl (C=O) groups excluding carboxylic acids is 2. The molecule has 2 aromatic carbocycles. The van der Waals surface area contributed by atoms with E-state index in [-0.39, 0.29) is 23.4 Å². The van der Waals surface area contributed by atoms with Crippen LogP contribution in [0.4, 0.5) is 5.69 Å². The lowest BCUT2D eigenvalue weighted by Crippen LogP contribution is -2.45. The van der Waals surface area contributed by atoms with Gasteiger partial charge in [-0.25, -0.2) is 9.80 Å². The second kappa shape index (κ2) is 8.16. The van der Waals surface area contributed by atoms with Crippen molar-refractivity contribution in [1.29, 1.82) is 0 Å². The standard InChI is InChI=1S/C24H23N5O4/c1-15-14-21(30)29(26-15)18-8-6-16(7-9-18)22(31)27-12-10-17(11-13-27)28-23(32)19-4-2-3-5-20(19)25-24(28)33/h2-9,17H,10-14H2,1H3,(H,25,33). The number of nitrogens with one attached hydrogen (secondary N) is 1. The largest absolute Gasteiger partial charge is 0.338 e. The minimum absolute atomic E-state index is 0.0902. The lowest BCUT2D eigenvalue weighted by atomic mass is 10.0. The number of H-pyrrole nitrogens is 1. The molecule has 0 spiro atoms. The average molecular weight is 445 g/mol. The van der Waals surface area contributed by atoms with Crippen LogP contribution in [0.25, 0.3) is 10.9 Å². The predicted molar refractivity (Wildman–Crippen MR) is 125 cm³/mol. The van der Waals surface area contributed by atoms with Gasteiger partial charge in [-0.1, -0.05) is 12.1 Å². The van der Waals surface area contributed by atoms with Gasteiger partial charge in [0.15, 0.2) is 0 Å². The van der Waals surface area contributed by atoms with Gasteiger partial charge < -0.3 is 9.88 Å². The molecule has 0 atom stereocenters. The van der Waals surface area contributed by atoms with Crippen LogP contribution < -0.4 is 16.3 Å². The molecule has 0 aliphatic carbocycles. The summed E-state index contributed by atoms with van der Waals surface area (Å²) in [6, 6.07) is 13.5. The van der Waals surface area contributed by atoms with E-state index < -0.39 is 5.69 Å². The quantitative estimate of drug-likeness (QED) is 0.667. The zero-order valence-electron chi connectivity index (χ0n) is 18.2. The maximum Gasteiger partial charge on any atom is 0.329 e. The Hall–Kier alpha value is -4.01. The molecular weight excluding hydrogens is 422 g/mol. The monoisotopic (exact) mass is 445 g/mol. The zero-order valence-corrected chi connectivity index (χ0v) is 18.2. The molecule has 33 heavy (non-hydrogen) atoms. The maximum atomic E-state index is 13.0. The van der Waals surface area contributed by atoms with E-state index in [1.165, 1.54) is 9.58 Å². The molecule has 1 N–H and O–H groups in total. The summed E-state index contributed by atoms with van der Waals surface area (Å²) < 4.78 is 1.29. The number of amides is 2. The first-order valence-electron chi connectivity index (χ1n) is 10.9. The van der Waals surface area contributed by atoms with Crippen LogP contribution in [0.2, 0.25) is 0 Å². The fourth-order valence-electron chi connectivity index (χ4n) is 4.52. The van der Waals surface area contributed by atoms with Crippen molar-refractivity contribution in [3.8, 4) is 0 Å². The summed E-state index contributed by atoms with van der Waals surface area (Å²) in [5, 5.41) is 6.06. The normalized spacial score (nSPS) is 17.0. The third-order valence-electron chi connectivity index (χ3n) is 6.23. The Morgan fingerprint density at radius 1 is 1.00 bits per heavy atom. The molecule has 1 aromatic heterocycles. The highest BCUT2D eigenvalue weighted by molar-refractivity contribution is 6.12. The Bertz CT molecular complexity index is 1390. The summed E-state index contributed by atoms with van der Waals surface area (Å²) in [5.74, 6) is -0.209. The van der Waals surface area contributed by atoms with Crippen LogP contribution in [0, 0.1) is 0 Å². The number of aromatic nitrogens is 2. The van der Waals surface area contributed by atoms with Gasteiger partial charge in [-0.3, -0.25) is 19.0 Å². The number of rotatable bonds is 3. The van der Waals surface area contributed by atoms with Gasteiger partial charge in [-0.05, 0) is 56.2 Å². The number of aromatic amines is 1. The fraction of sp³-hybridized carbons (Fsp3) is 0.292. The average Bonchev–Trinajstić information content (AvgIpc) is 3.17. The molecule has 2 aliphatic rings. The third kappa shape index (κ3) is 3.75. The van der Waals surface area contributed by atoms with E-state index in [1.54, 1.807) is 60.4 Å². The minimum atomic E-state index is -0.423. The molecule has 3 heterocycles. The van der Waals surface area contributed by atoms with Crippen molar-refractivity contribution in [2.45, 2.75) is 32.2 Å². The highest BCUT2D eigenvalue weighted by Crippen LogP contribution is 2.24. The lowest BCUT2D eigenvalue weighted by Gasteiger charge is -2.32. The summed E-state index contributed by atoms with van der Waals surface area (Å²) in [6.07, 6.45) is 1.33. The number of nitrogens with zero attached hydrogens (tertiary/aromatic N) is 4. The van der Waals surface area contributed by atoms with Crippen molar-refractivity contribution in [2.75, 3.05) is 18.1 Å². The van der Waals surface area contributed by atoms with Gasteiger partial charge >= 0.3 is 5.69 Å². The molecule has 5 rings (SSSR count). The molecule has 9 nitrogen and oxygen atoms in total. The summed E-state index contributed by atoms with van der Waals surface area (Å²) >= 11 is 0. The number of fused-ring (bicyclic) bond motifs is 1. The molecular formula is C24H23N5O4. The minimum Gasteiger partial charge on any atom is -0.338 e. The SMILES string of the molecule is CC1=NN(c2ccc(C(=O)N3CCC(n4c(=O)[nH]c5ccccc5c4=O)CC3)cc2)C(=O)C1. The molecule has 9 heteroatoms. The molecule has 0 saturated carbocycles. The highest BCUT2D eigenvalue weighted by Gasteiger charge is 2.27. The number of hydrogen-bond donors (Lipinski definition) is 1. The van der Waals surface area contributed by atoms with E-state index in [2.05, 4.69) is 10.1 Å². The number of piperidine rings is 1. The summed E-state index contributed by atoms with van der Waals surface area (Å²) in [6.45, 7) is 2.69. The van der Waals surface area contributed by atoms with Gasteiger partial charge in [0.2, 0.25) is 0 Å². The lowest BCUT2D eigenvalue weighted by molar-refractivity contribution is -0.116. The molecule has 168 valence electrons. The van der Waals surface area contributed by atoms with Crippen molar-refractivity contribution >= 4 is 34.1 Å². The van der Waals surface area contributed by atoms with Gasteiger partial charge in [0.1, 0.15) is 0 Å². The van der Waals surface area contributed by atoms with Crippen molar-refractivity contribution < 1.29 is 9.59 Å². The number of para-hydroxylation sites is 1. The number of hydrazone groups is 1. The van der Waals surface area contributed by atoms with E-state index in [0.29, 0.717) is 54.5 Å². The Kier molecular flexibility index (Phi) is 5.16. The molecule has 1 saturated heterocycles. The molecule has 1 fully saturated rings. The van der Waals surface area contributed by atoms with Gasteiger partial charge in [0.25, 0.3) is 17.4 Å². The van der Waals surface area contributed by atoms with E-state index in [1.807, 2.05) is 0 Å². The first-order chi connectivity index (χ1) is 15.9. The molecule has 0 unspecified atom stereocenters. The first-order valence-corrected chi connectivity index (χ1v) is 10.9.